The monoisotopic (exact) mass is 436 g/mol. The first-order valence-electron chi connectivity index (χ1n) is 9.73. The lowest BCUT2D eigenvalue weighted by Gasteiger charge is -2.35. The zero-order valence-electron chi connectivity index (χ0n) is 16.9. The van der Waals surface area contributed by atoms with E-state index in [1.165, 1.54) is 36.4 Å². The van der Waals surface area contributed by atoms with Crippen LogP contribution in [0.15, 0.2) is 53.3 Å². The summed E-state index contributed by atoms with van der Waals surface area (Å²) in [5.74, 6) is -0.578. The van der Waals surface area contributed by atoms with Gasteiger partial charge in [0, 0.05) is 24.8 Å². The largest absolute Gasteiger partial charge is 0.453 e. The van der Waals surface area contributed by atoms with Crippen molar-refractivity contribution in [3.8, 4) is 11.4 Å². The molecule has 0 aliphatic carbocycles. The molecule has 0 spiro atoms. The van der Waals surface area contributed by atoms with Gasteiger partial charge in [-0.1, -0.05) is 11.2 Å². The number of methoxy groups -OCH3 is 1. The third-order valence-corrected chi connectivity index (χ3v) is 5.23. The number of hydrogen-bond acceptors (Lipinski definition) is 7. The van der Waals surface area contributed by atoms with Crippen molar-refractivity contribution in [2.75, 3.05) is 25.5 Å². The molecule has 5 rings (SSSR count). The number of amides is 2. The molecule has 32 heavy (non-hydrogen) atoms. The standard InChI is InChI=1S/C21H17FN6O4/c1-31-21(30)27-10-13(11-27)20-25-18(26-32-20)12-5-6-14(22)15(8-12)24-19(29)16-9-23-17-4-2-3-7-28(16)17/h2-9,13H,10-11H2,1H3,(H,24,29). The van der Waals surface area contributed by atoms with Crippen LogP contribution in [-0.2, 0) is 4.74 Å². The van der Waals surface area contributed by atoms with Crippen LogP contribution in [0.2, 0.25) is 0 Å². The van der Waals surface area contributed by atoms with Crippen LogP contribution in [0.4, 0.5) is 14.9 Å². The Bertz CT molecular complexity index is 1330. The van der Waals surface area contributed by atoms with Gasteiger partial charge in [-0.05, 0) is 30.3 Å². The fourth-order valence-corrected chi connectivity index (χ4v) is 3.48. The quantitative estimate of drug-likeness (QED) is 0.523. The van der Waals surface area contributed by atoms with Crippen molar-refractivity contribution in [3.05, 3.63) is 66.2 Å². The third-order valence-electron chi connectivity index (χ3n) is 5.23. The van der Waals surface area contributed by atoms with Crippen LogP contribution in [0, 0.1) is 5.82 Å². The smallest absolute Gasteiger partial charge is 0.409 e. The van der Waals surface area contributed by atoms with Crippen LogP contribution in [0.1, 0.15) is 22.3 Å². The first kappa shape index (κ1) is 19.7. The molecule has 1 saturated heterocycles. The molecule has 1 fully saturated rings. The van der Waals surface area contributed by atoms with Crippen molar-refractivity contribution in [2.45, 2.75) is 5.92 Å². The summed E-state index contributed by atoms with van der Waals surface area (Å²) in [7, 11) is 1.32. The number of likely N-dealkylation sites (tertiary alicyclic amines) is 1. The molecule has 0 radical (unpaired) electrons. The SMILES string of the molecule is COC(=O)N1CC(c2nc(-c3ccc(F)c(NC(=O)c4cnc5ccccn45)c3)no2)C1. The molecule has 1 aromatic carbocycles. The van der Waals surface area contributed by atoms with Crippen LogP contribution in [-0.4, -0.2) is 56.6 Å². The second kappa shape index (κ2) is 7.76. The number of pyridine rings is 1. The minimum Gasteiger partial charge on any atom is -0.453 e. The number of anilines is 1. The van der Waals surface area contributed by atoms with Crippen LogP contribution in [0.3, 0.4) is 0 Å². The number of rotatable bonds is 4. The highest BCUT2D eigenvalue weighted by Crippen LogP contribution is 2.29. The predicted molar refractivity (Wildman–Crippen MR) is 110 cm³/mol. The first-order chi connectivity index (χ1) is 15.5. The number of nitrogens with one attached hydrogen (secondary N) is 1. The molecular weight excluding hydrogens is 419 g/mol. The Morgan fingerprint density at radius 2 is 2.09 bits per heavy atom. The molecule has 0 bridgehead atoms. The van der Waals surface area contributed by atoms with Gasteiger partial charge in [-0.2, -0.15) is 4.98 Å². The van der Waals surface area contributed by atoms with Crippen molar-refractivity contribution in [3.63, 3.8) is 0 Å². The molecule has 4 heterocycles. The van der Waals surface area contributed by atoms with Crippen molar-refractivity contribution >= 4 is 23.3 Å². The number of hydrogen-bond donors (Lipinski definition) is 1. The molecule has 1 aliphatic heterocycles. The highest BCUT2D eigenvalue weighted by atomic mass is 19.1. The van der Waals surface area contributed by atoms with E-state index in [-0.39, 0.29) is 23.1 Å². The van der Waals surface area contributed by atoms with E-state index in [1.807, 2.05) is 6.07 Å². The molecule has 0 unspecified atom stereocenters. The molecule has 1 aliphatic rings. The Hall–Kier alpha value is -4.28. The van der Waals surface area contributed by atoms with Gasteiger partial charge in [-0.15, -0.1) is 0 Å². The van der Waals surface area contributed by atoms with E-state index in [1.54, 1.807) is 22.7 Å². The van der Waals surface area contributed by atoms with E-state index in [0.29, 0.717) is 30.2 Å². The van der Waals surface area contributed by atoms with Gasteiger partial charge in [0.2, 0.25) is 11.7 Å². The number of ether oxygens (including phenoxy) is 1. The Labute approximate surface area is 180 Å². The summed E-state index contributed by atoms with van der Waals surface area (Å²) in [4.78, 5) is 34.2. The highest BCUT2D eigenvalue weighted by molar-refractivity contribution is 6.03. The Morgan fingerprint density at radius 1 is 1.25 bits per heavy atom. The summed E-state index contributed by atoms with van der Waals surface area (Å²) in [5, 5.41) is 6.52. The number of fused-ring (bicyclic) bond motifs is 1. The summed E-state index contributed by atoms with van der Waals surface area (Å²) < 4.78 is 26.0. The van der Waals surface area contributed by atoms with E-state index in [4.69, 9.17) is 4.52 Å². The molecule has 1 N–H and O–H groups in total. The maximum atomic E-state index is 14.4. The average molecular weight is 436 g/mol. The van der Waals surface area contributed by atoms with Gasteiger partial charge in [0.25, 0.3) is 5.91 Å². The number of nitrogens with zero attached hydrogens (tertiary/aromatic N) is 5. The Kier molecular flexibility index (Phi) is 4.77. The van der Waals surface area contributed by atoms with Gasteiger partial charge < -0.3 is 19.5 Å². The van der Waals surface area contributed by atoms with E-state index >= 15 is 0 Å². The van der Waals surface area contributed by atoms with Gasteiger partial charge in [-0.3, -0.25) is 9.20 Å². The van der Waals surface area contributed by atoms with E-state index in [0.717, 1.165) is 0 Å². The van der Waals surface area contributed by atoms with Gasteiger partial charge in [0.05, 0.1) is 24.9 Å². The average Bonchev–Trinajstić information content (AvgIpc) is 3.41. The molecule has 3 aromatic heterocycles. The van der Waals surface area contributed by atoms with Crippen LogP contribution >= 0.6 is 0 Å². The number of halogens is 1. The Morgan fingerprint density at radius 3 is 2.91 bits per heavy atom. The summed E-state index contributed by atoms with van der Waals surface area (Å²) in [6.07, 6.45) is 2.71. The topological polar surface area (TPSA) is 115 Å². The molecule has 11 heteroatoms. The zero-order chi connectivity index (χ0) is 22.2. The summed E-state index contributed by atoms with van der Waals surface area (Å²) in [6, 6.07) is 9.49. The molecule has 10 nitrogen and oxygen atoms in total. The lowest BCUT2D eigenvalue weighted by atomic mass is 10.0. The fourth-order valence-electron chi connectivity index (χ4n) is 3.48. The summed E-state index contributed by atoms with van der Waals surface area (Å²) in [6.45, 7) is 0.830. The number of imidazole rings is 1. The maximum absolute atomic E-state index is 14.4. The maximum Gasteiger partial charge on any atom is 0.409 e. The van der Waals surface area contributed by atoms with Crippen LogP contribution < -0.4 is 5.32 Å². The van der Waals surface area contributed by atoms with E-state index < -0.39 is 17.8 Å². The van der Waals surface area contributed by atoms with Crippen LogP contribution in [0.5, 0.6) is 0 Å². The Balaban J connectivity index is 1.34. The lowest BCUT2D eigenvalue weighted by molar-refractivity contribution is 0.0804. The minimum absolute atomic E-state index is 0.0229. The van der Waals surface area contributed by atoms with E-state index in [9.17, 15) is 14.0 Å². The number of benzene rings is 1. The molecule has 0 saturated carbocycles. The zero-order valence-corrected chi connectivity index (χ0v) is 16.9. The molecule has 2 amide bonds. The second-order valence-corrected chi connectivity index (χ2v) is 7.25. The third kappa shape index (κ3) is 3.43. The number of aromatic nitrogens is 4. The fraction of sp³-hybridized carbons (Fsp3) is 0.190. The van der Waals surface area contributed by atoms with Gasteiger partial charge in [-0.25, -0.2) is 14.2 Å². The summed E-state index contributed by atoms with van der Waals surface area (Å²) in [5.41, 5.74) is 1.32. The first-order valence-corrected chi connectivity index (χ1v) is 9.73. The molecule has 4 aromatic rings. The predicted octanol–water partition coefficient (Wildman–Crippen LogP) is 2.94. The van der Waals surface area contributed by atoms with Gasteiger partial charge in [0.1, 0.15) is 17.2 Å². The van der Waals surface area contributed by atoms with E-state index in [2.05, 4.69) is 25.2 Å². The van der Waals surface area contributed by atoms with Crippen molar-refractivity contribution in [1.82, 2.24) is 24.4 Å². The van der Waals surface area contributed by atoms with Crippen molar-refractivity contribution in [2.24, 2.45) is 0 Å². The van der Waals surface area contributed by atoms with Crippen molar-refractivity contribution in [1.29, 1.82) is 0 Å². The van der Waals surface area contributed by atoms with Gasteiger partial charge >= 0.3 is 6.09 Å². The number of carbonyl (C=O) groups excluding carboxylic acids is 2. The molecule has 162 valence electrons. The minimum atomic E-state index is -0.604. The highest BCUT2D eigenvalue weighted by Gasteiger charge is 2.36. The second-order valence-electron chi connectivity index (χ2n) is 7.25. The van der Waals surface area contributed by atoms with Crippen molar-refractivity contribution < 1.29 is 23.2 Å². The van der Waals surface area contributed by atoms with Crippen LogP contribution in [0.25, 0.3) is 17.0 Å². The molecule has 0 atom stereocenters. The number of carbonyl (C=O) groups is 2. The van der Waals surface area contributed by atoms with Gasteiger partial charge in [0.15, 0.2) is 0 Å². The normalized spacial score (nSPS) is 13.8. The summed E-state index contributed by atoms with van der Waals surface area (Å²) >= 11 is 0. The molecular formula is C21H17FN6O4. The lowest BCUT2D eigenvalue weighted by Crippen LogP contribution is -2.48.